The lowest BCUT2D eigenvalue weighted by Crippen LogP contribution is -2.03. The first-order chi connectivity index (χ1) is 28.8. The monoisotopic (exact) mass is 756 g/mol. The van der Waals surface area contributed by atoms with E-state index >= 15 is 0 Å². The van der Waals surface area contributed by atoms with Crippen LogP contribution in [0.15, 0.2) is 174 Å². The van der Waals surface area contributed by atoms with Gasteiger partial charge in [-0.15, -0.1) is 11.3 Å². The Bertz CT molecular complexity index is 3940. The van der Waals surface area contributed by atoms with Gasteiger partial charge in [0.15, 0.2) is 5.82 Å². The van der Waals surface area contributed by atoms with E-state index in [2.05, 4.69) is 161 Å². The minimum atomic E-state index is 0.521. The van der Waals surface area contributed by atoms with Gasteiger partial charge >= 0.3 is 0 Å². The summed E-state index contributed by atoms with van der Waals surface area (Å²) >= 11 is 1.82. The zero-order valence-electron chi connectivity index (χ0n) is 30.8. The zero-order valence-corrected chi connectivity index (χ0v) is 31.6. The summed E-state index contributed by atoms with van der Waals surface area (Å²) in [5.74, 6) is 0.737. The van der Waals surface area contributed by atoms with E-state index in [-0.39, 0.29) is 0 Å². The van der Waals surface area contributed by atoms with Gasteiger partial charge in [-0.3, -0.25) is 4.57 Å². The van der Waals surface area contributed by atoms with Crippen molar-refractivity contribution in [1.29, 1.82) is 0 Å². The molecule has 0 bridgehead atoms. The summed E-state index contributed by atoms with van der Waals surface area (Å²) in [6.07, 6.45) is 0. The second-order valence-electron chi connectivity index (χ2n) is 15.3. The van der Waals surface area contributed by atoms with E-state index in [1.807, 2.05) is 29.5 Å². The molecule has 5 aromatic heterocycles. The Hall–Kier alpha value is -7.54. The van der Waals surface area contributed by atoms with Crippen LogP contribution in [-0.4, -0.2) is 19.1 Å². The lowest BCUT2D eigenvalue weighted by Gasteiger charge is -2.13. The van der Waals surface area contributed by atoms with Crippen LogP contribution in [0.2, 0.25) is 0 Å². The molecule has 0 spiro atoms. The average molecular weight is 757 g/mol. The highest BCUT2D eigenvalue weighted by Crippen LogP contribution is 2.48. The van der Waals surface area contributed by atoms with Crippen LogP contribution in [0.1, 0.15) is 0 Å². The molecule has 14 rings (SSSR count). The number of fused-ring (bicyclic) bond motifs is 17. The largest absolute Gasteiger partial charge is 0.436 e. The third kappa shape index (κ3) is 3.94. The van der Waals surface area contributed by atoms with Gasteiger partial charge in [0.2, 0.25) is 5.71 Å². The summed E-state index contributed by atoms with van der Waals surface area (Å²) in [6, 6.07) is 61.3. The first-order valence-electron chi connectivity index (χ1n) is 19.6. The number of para-hydroxylation sites is 4. The summed E-state index contributed by atoms with van der Waals surface area (Å²) < 4.78 is 13.8. The van der Waals surface area contributed by atoms with Crippen LogP contribution in [0, 0.1) is 0 Å². The predicted molar refractivity (Wildman–Crippen MR) is 241 cm³/mol. The fraction of sp³-hybridized carbons (Fsp3) is 0. The fourth-order valence-electron chi connectivity index (χ4n) is 9.81. The average Bonchev–Trinajstić information content (AvgIpc) is 4.00. The Kier molecular flexibility index (Phi) is 5.85. The van der Waals surface area contributed by atoms with Crippen LogP contribution < -0.4 is 0 Å². The first-order valence-corrected chi connectivity index (χ1v) is 20.4. The molecule has 0 unspecified atom stereocenters. The van der Waals surface area contributed by atoms with Gasteiger partial charge < -0.3 is 8.98 Å². The van der Waals surface area contributed by atoms with E-state index in [1.165, 1.54) is 69.9 Å². The summed E-state index contributed by atoms with van der Waals surface area (Å²) in [7, 11) is 0. The molecule has 268 valence electrons. The number of rotatable bonds is 2. The molecule has 6 heteroatoms. The third-order valence-electron chi connectivity index (χ3n) is 12.3. The van der Waals surface area contributed by atoms with Crippen molar-refractivity contribution in [2.45, 2.75) is 0 Å². The Labute approximate surface area is 334 Å². The molecule has 1 aliphatic heterocycles. The summed E-state index contributed by atoms with van der Waals surface area (Å²) in [6.45, 7) is 0. The Morgan fingerprint density at radius 3 is 1.98 bits per heavy atom. The SMILES string of the molecule is c1ccc2c(c1)-c1ccccc1-n1c3cc4c5ccccc5n(-c5nc6oc7ccccc7c6nc5-c5ccc6sc7ccccc7c6c5)c4cc3c3cccc-2c31. The molecule has 0 atom stereocenters. The minimum Gasteiger partial charge on any atom is -0.436 e. The van der Waals surface area contributed by atoms with Crippen LogP contribution in [0.5, 0.6) is 0 Å². The number of aromatic nitrogens is 4. The van der Waals surface area contributed by atoms with Crippen molar-refractivity contribution in [2.75, 3.05) is 0 Å². The van der Waals surface area contributed by atoms with Crippen molar-refractivity contribution < 1.29 is 4.42 Å². The van der Waals surface area contributed by atoms with Crippen LogP contribution in [0.4, 0.5) is 0 Å². The molecule has 8 aromatic carbocycles. The zero-order chi connectivity index (χ0) is 37.6. The van der Waals surface area contributed by atoms with Crippen molar-refractivity contribution >= 4 is 97.3 Å². The molecular formula is C52H28N4OS. The second-order valence-corrected chi connectivity index (χ2v) is 16.4. The van der Waals surface area contributed by atoms with Gasteiger partial charge in [-0.2, -0.15) is 4.98 Å². The Balaban J connectivity index is 1.13. The van der Waals surface area contributed by atoms with E-state index in [0.717, 1.165) is 55.4 Å². The molecule has 0 saturated carbocycles. The van der Waals surface area contributed by atoms with Crippen molar-refractivity contribution in [3.8, 4) is 45.0 Å². The number of furan rings is 1. The molecule has 0 amide bonds. The Morgan fingerprint density at radius 2 is 1.09 bits per heavy atom. The van der Waals surface area contributed by atoms with E-state index in [0.29, 0.717) is 5.71 Å². The molecule has 0 radical (unpaired) electrons. The van der Waals surface area contributed by atoms with Crippen LogP contribution >= 0.6 is 11.3 Å². The van der Waals surface area contributed by atoms with Gasteiger partial charge in [-0.1, -0.05) is 115 Å². The van der Waals surface area contributed by atoms with Gasteiger partial charge in [0.05, 0.1) is 27.8 Å². The minimum absolute atomic E-state index is 0.521. The molecule has 0 aliphatic carbocycles. The number of benzene rings is 8. The topological polar surface area (TPSA) is 48.8 Å². The lowest BCUT2D eigenvalue weighted by molar-refractivity contribution is 0.652. The molecular weight excluding hydrogens is 729 g/mol. The van der Waals surface area contributed by atoms with Crippen molar-refractivity contribution in [1.82, 2.24) is 19.1 Å². The van der Waals surface area contributed by atoms with Gasteiger partial charge in [0.1, 0.15) is 16.8 Å². The van der Waals surface area contributed by atoms with Gasteiger partial charge in [-0.05, 0) is 65.7 Å². The highest BCUT2D eigenvalue weighted by molar-refractivity contribution is 7.25. The summed E-state index contributed by atoms with van der Waals surface area (Å²) in [5, 5.41) is 8.13. The first kappa shape index (κ1) is 30.7. The lowest BCUT2D eigenvalue weighted by atomic mass is 9.94. The molecule has 1 aliphatic rings. The quantitative estimate of drug-likeness (QED) is 0.176. The molecule has 0 saturated heterocycles. The smallest absolute Gasteiger partial charge is 0.248 e. The Morgan fingerprint density at radius 1 is 0.431 bits per heavy atom. The van der Waals surface area contributed by atoms with Crippen LogP contribution in [0.25, 0.3) is 131 Å². The molecule has 5 nitrogen and oxygen atoms in total. The predicted octanol–water partition coefficient (Wildman–Crippen LogP) is 14.3. The van der Waals surface area contributed by atoms with E-state index < -0.39 is 0 Å². The number of nitrogens with zero attached hydrogens (tertiary/aromatic N) is 4. The third-order valence-corrected chi connectivity index (χ3v) is 13.4. The second kappa shape index (κ2) is 11.1. The van der Waals surface area contributed by atoms with Gasteiger partial charge in [0, 0.05) is 63.8 Å². The summed E-state index contributed by atoms with van der Waals surface area (Å²) in [4.78, 5) is 11.0. The van der Waals surface area contributed by atoms with Crippen LogP contribution in [-0.2, 0) is 0 Å². The number of hydrogen-bond acceptors (Lipinski definition) is 4. The van der Waals surface area contributed by atoms with E-state index in [4.69, 9.17) is 14.4 Å². The van der Waals surface area contributed by atoms with Crippen molar-refractivity contribution in [3.05, 3.63) is 170 Å². The highest BCUT2D eigenvalue weighted by Gasteiger charge is 2.27. The maximum absolute atomic E-state index is 6.47. The highest BCUT2D eigenvalue weighted by atomic mass is 32.1. The maximum Gasteiger partial charge on any atom is 0.248 e. The van der Waals surface area contributed by atoms with E-state index in [9.17, 15) is 0 Å². The maximum atomic E-state index is 6.47. The molecule has 13 aromatic rings. The van der Waals surface area contributed by atoms with Gasteiger partial charge in [-0.25, -0.2) is 4.98 Å². The standard InChI is InChI=1S/C52H28N4OS/c1-2-13-31-30(12-1)32-14-3-7-20-41(32)55-43-27-38-33-15-4-8-21-42(33)56(44(38)28-39(43)36-19-11-18-35(31)50(36)55)51-48(53-49-37-17-5-9-22-45(37)57-52(49)54-51)29-24-25-47-40(26-29)34-16-6-10-23-46(34)58-47/h1-28H. The van der Waals surface area contributed by atoms with Crippen molar-refractivity contribution in [2.24, 2.45) is 0 Å². The van der Waals surface area contributed by atoms with Gasteiger partial charge in [0.25, 0.3) is 0 Å². The summed E-state index contributed by atoms with van der Waals surface area (Å²) in [5.41, 5.74) is 14.5. The van der Waals surface area contributed by atoms with E-state index in [1.54, 1.807) is 0 Å². The molecule has 0 N–H and O–H groups in total. The van der Waals surface area contributed by atoms with Crippen molar-refractivity contribution in [3.63, 3.8) is 0 Å². The fourth-order valence-corrected chi connectivity index (χ4v) is 10.9. The molecule has 6 heterocycles. The molecule has 0 fully saturated rings. The van der Waals surface area contributed by atoms with Crippen LogP contribution in [0.3, 0.4) is 0 Å². The normalized spacial score (nSPS) is 12.5. The molecule has 58 heavy (non-hydrogen) atoms. The number of thiophene rings is 1. The number of hydrogen-bond donors (Lipinski definition) is 0.